The number of hydrogen-bond acceptors (Lipinski definition) is 7. The number of nitrogens with two attached hydrogens (primary N) is 1. The van der Waals surface area contributed by atoms with E-state index < -0.39 is 17.6 Å². The Labute approximate surface area is 158 Å². The molecule has 2 rings (SSSR count). The Balaban J connectivity index is 2.06. The lowest BCUT2D eigenvalue weighted by atomic mass is 10.2. The highest BCUT2D eigenvalue weighted by molar-refractivity contribution is 6.31. The molecule has 0 aliphatic heterocycles. The number of aliphatic imine (C=N–C) groups is 1. The minimum Gasteiger partial charge on any atom is -0.457 e. The highest BCUT2D eigenvalue weighted by atomic mass is 19.4. The molecule has 2 aromatic rings. The normalized spacial score (nSPS) is 12.4. The third-order valence-electron chi connectivity index (χ3n) is 3.46. The molecule has 0 amide bonds. The number of benzene rings is 1. The van der Waals surface area contributed by atoms with E-state index in [1.165, 1.54) is 0 Å². The van der Waals surface area contributed by atoms with E-state index in [4.69, 9.17) is 10.6 Å². The second kappa shape index (κ2) is 9.11. The van der Waals surface area contributed by atoms with Crippen LogP contribution in [0, 0.1) is 12.7 Å². The number of anilines is 1. The summed E-state index contributed by atoms with van der Waals surface area (Å²) in [6.45, 7) is 4.27. The van der Waals surface area contributed by atoms with Crippen LogP contribution in [0.3, 0.4) is 0 Å². The van der Waals surface area contributed by atoms with Gasteiger partial charge in [0.2, 0.25) is 0 Å². The van der Waals surface area contributed by atoms with E-state index in [1.54, 1.807) is 13.1 Å². The van der Waals surface area contributed by atoms with Crippen molar-refractivity contribution in [2.24, 2.45) is 15.9 Å². The van der Waals surface area contributed by atoms with E-state index in [0.29, 0.717) is 24.4 Å². The van der Waals surface area contributed by atoms with Crippen LogP contribution in [0.1, 0.15) is 18.2 Å². The monoisotopic (exact) mass is 398 g/mol. The Morgan fingerprint density at radius 2 is 2.11 bits per heavy atom. The molecule has 0 saturated carbocycles. The smallest absolute Gasteiger partial charge is 0.419 e. The van der Waals surface area contributed by atoms with Crippen LogP contribution in [-0.2, 0) is 6.18 Å². The number of halogens is 4. The van der Waals surface area contributed by atoms with Crippen LogP contribution in [0.5, 0.6) is 6.01 Å². The summed E-state index contributed by atoms with van der Waals surface area (Å²) < 4.78 is 56.9. The molecule has 0 radical (unpaired) electrons. The van der Waals surface area contributed by atoms with Gasteiger partial charge in [0, 0.05) is 6.54 Å². The van der Waals surface area contributed by atoms with Gasteiger partial charge in [-0.2, -0.15) is 23.3 Å². The number of hydrogen-bond donors (Lipinski definition) is 2. The third kappa shape index (κ3) is 5.63. The van der Waals surface area contributed by atoms with Crippen LogP contribution in [-0.4, -0.2) is 35.0 Å². The summed E-state index contributed by atoms with van der Waals surface area (Å²) in [7, 11) is 0. The van der Waals surface area contributed by atoms with Crippen molar-refractivity contribution in [1.29, 1.82) is 0 Å². The van der Waals surface area contributed by atoms with Gasteiger partial charge in [-0.3, -0.25) is 4.99 Å². The van der Waals surface area contributed by atoms with Gasteiger partial charge in [-0.15, -0.1) is 0 Å². The fourth-order valence-corrected chi connectivity index (χ4v) is 2.09. The molecule has 0 aliphatic carbocycles. The lowest BCUT2D eigenvalue weighted by Crippen LogP contribution is -2.16. The molecule has 150 valence electrons. The van der Waals surface area contributed by atoms with Crippen molar-refractivity contribution in [3.05, 3.63) is 41.5 Å². The number of aryl methyl sites for hydroxylation is 1. The summed E-state index contributed by atoms with van der Waals surface area (Å²) in [5, 5.41) is 6.54. The van der Waals surface area contributed by atoms with Crippen LogP contribution in [0.2, 0.25) is 0 Å². The molecule has 0 saturated heterocycles. The summed E-state index contributed by atoms with van der Waals surface area (Å²) in [5.74, 6) is 3.87. The van der Waals surface area contributed by atoms with Crippen molar-refractivity contribution < 1.29 is 22.3 Å². The van der Waals surface area contributed by atoms with Crippen LogP contribution < -0.4 is 15.9 Å². The summed E-state index contributed by atoms with van der Waals surface area (Å²) in [6, 6.07) is 2.46. The molecule has 0 fully saturated rings. The zero-order valence-electron chi connectivity index (χ0n) is 15.1. The number of alkyl halides is 3. The number of rotatable bonds is 7. The number of ether oxygens (including phenoxy) is 1. The van der Waals surface area contributed by atoms with Crippen molar-refractivity contribution in [3.8, 4) is 6.01 Å². The Hall–Kier alpha value is -3.24. The van der Waals surface area contributed by atoms with E-state index in [1.807, 2.05) is 6.92 Å². The van der Waals surface area contributed by atoms with E-state index >= 15 is 0 Å². The number of nitrogens with one attached hydrogen (secondary N) is 1. The first-order chi connectivity index (χ1) is 13.2. The summed E-state index contributed by atoms with van der Waals surface area (Å²) in [4.78, 5) is 12.0. The van der Waals surface area contributed by atoms with E-state index in [0.717, 1.165) is 18.0 Å². The first-order valence-electron chi connectivity index (χ1n) is 8.12. The molecule has 1 aromatic heterocycles. The van der Waals surface area contributed by atoms with Gasteiger partial charge in [-0.25, -0.2) is 9.37 Å². The standard InChI is InChI=1S/C17H18F4N6O/c1-3-23-15-8-25-16(26-10(15)2)28-9-12(27-22)7-24-11-4-5-14(18)13(6-11)17(19,20)21/h4-8,23H,3,9,22H2,1-2H3. The maximum absolute atomic E-state index is 13.3. The molecular weight excluding hydrogens is 380 g/mol. The van der Waals surface area contributed by atoms with Gasteiger partial charge >= 0.3 is 12.2 Å². The van der Waals surface area contributed by atoms with Crippen molar-refractivity contribution in [3.63, 3.8) is 0 Å². The summed E-state index contributed by atoms with van der Waals surface area (Å²) in [6.07, 6.45) is -2.14. The van der Waals surface area contributed by atoms with Crippen LogP contribution in [0.15, 0.2) is 34.5 Å². The molecule has 0 atom stereocenters. The Bertz CT molecular complexity index is 882. The fourth-order valence-electron chi connectivity index (χ4n) is 2.09. The first-order valence-corrected chi connectivity index (χ1v) is 8.12. The largest absolute Gasteiger partial charge is 0.457 e. The molecule has 0 aliphatic rings. The minimum absolute atomic E-state index is 0.0786. The van der Waals surface area contributed by atoms with Crippen molar-refractivity contribution >= 4 is 23.3 Å². The predicted molar refractivity (Wildman–Crippen MR) is 97.6 cm³/mol. The lowest BCUT2D eigenvalue weighted by Gasteiger charge is -2.09. The zero-order chi connectivity index (χ0) is 20.7. The number of aromatic nitrogens is 2. The Kier molecular flexibility index (Phi) is 6.85. The van der Waals surface area contributed by atoms with Crippen molar-refractivity contribution in [1.82, 2.24) is 9.97 Å². The second-order valence-electron chi connectivity index (χ2n) is 5.51. The molecule has 1 aromatic carbocycles. The average Bonchev–Trinajstić information content (AvgIpc) is 2.64. The van der Waals surface area contributed by atoms with Gasteiger partial charge < -0.3 is 15.9 Å². The maximum Gasteiger partial charge on any atom is 0.419 e. The molecule has 3 N–H and O–H groups in total. The minimum atomic E-state index is -4.82. The van der Waals surface area contributed by atoms with Crippen LogP contribution in [0.4, 0.5) is 28.9 Å². The fraction of sp³-hybridized carbons (Fsp3) is 0.294. The van der Waals surface area contributed by atoms with Crippen LogP contribution in [0.25, 0.3) is 0 Å². The van der Waals surface area contributed by atoms with Gasteiger partial charge in [0.1, 0.15) is 18.1 Å². The van der Waals surface area contributed by atoms with Crippen molar-refractivity contribution in [2.75, 3.05) is 18.5 Å². The van der Waals surface area contributed by atoms with E-state index in [-0.39, 0.29) is 24.0 Å². The average molecular weight is 398 g/mol. The van der Waals surface area contributed by atoms with Crippen LogP contribution >= 0.6 is 0 Å². The molecular formula is C17H18F4N6O. The van der Waals surface area contributed by atoms with Gasteiger partial charge in [0.05, 0.1) is 35.0 Å². The Morgan fingerprint density at radius 1 is 1.36 bits per heavy atom. The molecule has 0 bridgehead atoms. The number of nitrogens with zero attached hydrogens (tertiary/aromatic N) is 4. The van der Waals surface area contributed by atoms with E-state index in [9.17, 15) is 17.6 Å². The quantitative estimate of drug-likeness (QED) is 0.322. The second-order valence-corrected chi connectivity index (χ2v) is 5.51. The molecule has 1 heterocycles. The molecule has 7 nitrogen and oxygen atoms in total. The highest BCUT2D eigenvalue weighted by Crippen LogP contribution is 2.33. The molecule has 28 heavy (non-hydrogen) atoms. The van der Waals surface area contributed by atoms with Gasteiger partial charge in [0.15, 0.2) is 0 Å². The van der Waals surface area contributed by atoms with E-state index in [2.05, 4.69) is 25.4 Å². The van der Waals surface area contributed by atoms with Crippen molar-refractivity contribution in [2.45, 2.75) is 20.0 Å². The lowest BCUT2D eigenvalue weighted by molar-refractivity contribution is -0.139. The topological polar surface area (TPSA) is 97.8 Å². The SMILES string of the molecule is CCNc1cnc(OCC(C=Nc2ccc(F)c(C(F)(F)F)c2)=NN)nc1C. The highest BCUT2D eigenvalue weighted by Gasteiger charge is 2.34. The number of hydrazone groups is 1. The first kappa shape index (κ1) is 21.1. The maximum atomic E-state index is 13.3. The predicted octanol–water partition coefficient (Wildman–Crippen LogP) is 3.47. The molecule has 0 spiro atoms. The Morgan fingerprint density at radius 3 is 2.71 bits per heavy atom. The zero-order valence-corrected chi connectivity index (χ0v) is 15.1. The molecule has 0 unspecified atom stereocenters. The third-order valence-corrected chi connectivity index (χ3v) is 3.46. The van der Waals surface area contributed by atoms with Gasteiger partial charge in [-0.1, -0.05) is 0 Å². The van der Waals surface area contributed by atoms with Gasteiger partial charge in [0.25, 0.3) is 0 Å². The van der Waals surface area contributed by atoms with Gasteiger partial charge in [-0.05, 0) is 32.0 Å². The molecule has 11 heteroatoms. The summed E-state index contributed by atoms with van der Waals surface area (Å²) in [5.41, 5.74) is 0.0415. The summed E-state index contributed by atoms with van der Waals surface area (Å²) >= 11 is 0.